The van der Waals surface area contributed by atoms with Gasteiger partial charge in [-0.3, -0.25) is 4.79 Å². The van der Waals surface area contributed by atoms with E-state index in [1.165, 1.54) is 41.9 Å². The van der Waals surface area contributed by atoms with E-state index in [1.54, 1.807) is 18.2 Å². The number of sulfonamides is 1. The standard InChI is InChI=1S/C31H41F2N3O6S/c1-20-18-34-19-25(36(20)43(3,39)40)11-12-26-23(5-4-6-27(26)33)17-28(37)30(35-31(38)41-2)29(22-13-15-42-16-14-22)21-7-9-24(32)10-8-21/h4-10,20,22,25,29-30,34H,11-19H2,1-3H3,(H,35,38)/t20-,25-,29-,30+/m0/s1. The lowest BCUT2D eigenvalue weighted by molar-refractivity contribution is -0.121. The van der Waals surface area contributed by atoms with E-state index in [0.717, 1.165) is 0 Å². The van der Waals surface area contributed by atoms with Crippen LogP contribution >= 0.6 is 0 Å². The average Bonchev–Trinajstić information content (AvgIpc) is 2.97. The summed E-state index contributed by atoms with van der Waals surface area (Å²) in [4.78, 5) is 26.6. The van der Waals surface area contributed by atoms with Crippen molar-refractivity contribution in [1.82, 2.24) is 14.9 Å². The fraction of sp³-hybridized carbons (Fsp3) is 0.548. The Labute approximate surface area is 252 Å². The highest BCUT2D eigenvalue weighted by Crippen LogP contribution is 2.36. The van der Waals surface area contributed by atoms with Crippen molar-refractivity contribution in [3.05, 3.63) is 70.8 Å². The van der Waals surface area contributed by atoms with Gasteiger partial charge in [-0.15, -0.1) is 0 Å². The fourth-order valence-corrected chi connectivity index (χ4v) is 7.99. The molecule has 2 saturated heterocycles. The van der Waals surface area contributed by atoms with Crippen LogP contribution in [0.25, 0.3) is 0 Å². The summed E-state index contributed by atoms with van der Waals surface area (Å²) in [6.07, 6.45) is 2.09. The van der Waals surface area contributed by atoms with Crippen molar-refractivity contribution in [2.75, 3.05) is 39.7 Å². The molecule has 0 unspecified atom stereocenters. The Kier molecular flexibility index (Phi) is 11.3. The van der Waals surface area contributed by atoms with Gasteiger partial charge in [0.1, 0.15) is 11.6 Å². The van der Waals surface area contributed by atoms with Crippen molar-refractivity contribution in [3.63, 3.8) is 0 Å². The number of hydrogen-bond donors (Lipinski definition) is 2. The third-order valence-corrected chi connectivity index (χ3v) is 9.92. The van der Waals surface area contributed by atoms with Gasteiger partial charge >= 0.3 is 6.09 Å². The predicted octanol–water partition coefficient (Wildman–Crippen LogP) is 3.57. The largest absolute Gasteiger partial charge is 0.453 e. The summed E-state index contributed by atoms with van der Waals surface area (Å²) in [7, 11) is -2.27. The Morgan fingerprint density at radius 2 is 1.81 bits per heavy atom. The number of carbonyl (C=O) groups excluding carboxylic acids is 2. The van der Waals surface area contributed by atoms with Gasteiger partial charge in [-0.05, 0) is 73.4 Å². The third kappa shape index (κ3) is 8.37. The van der Waals surface area contributed by atoms with E-state index in [4.69, 9.17) is 9.47 Å². The molecule has 4 rings (SSSR count). The maximum absolute atomic E-state index is 15.3. The summed E-state index contributed by atoms with van der Waals surface area (Å²) in [5, 5.41) is 5.97. The zero-order valence-electron chi connectivity index (χ0n) is 24.9. The Morgan fingerprint density at radius 1 is 1.12 bits per heavy atom. The first-order valence-corrected chi connectivity index (χ1v) is 16.5. The van der Waals surface area contributed by atoms with Gasteiger partial charge in [-0.1, -0.05) is 24.3 Å². The van der Waals surface area contributed by atoms with Gasteiger partial charge in [0.2, 0.25) is 10.0 Å². The molecule has 2 fully saturated rings. The third-order valence-electron chi connectivity index (χ3n) is 8.50. The van der Waals surface area contributed by atoms with E-state index < -0.39 is 39.7 Å². The molecule has 236 valence electrons. The SMILES string of the molecule is COC(=O)N[C@H](C(=O)Cc1cccc(F)c1CC[C@H]1CNC[C@H](C)N1S(C)(=O)=O)[C@@H](c1ccc(F)cc1)C1CCOCC1. The van der Waals surface area contributed by atoms with Gasteiger partial charge in [0.15, 0.2) is 5.78 Å². The molecule has 0 saturated carbocycles. The number of nitrogens with one attached hydrogen (secondary N) is 2. The molecule has 4 atom stereocenters. The summed E-state index contributed by atoms with van der Waals surface area (Å²) < 4.78 is 66.1. The van der Waals surface area contributed by atoms with Crippen LogP contribution in [0.4, 0.5) is 13.6 Å². The summed E-state index contributed by atoms with van der Waals surface area (Å²) in [6.45, 7) is 3.79. The predicted molar refractivity (Wildman–Crippen MR) is 158 cm³/mol. The van der Waals surface area contributed by atoms with Crippen molar-refractivity contribution >= 4 is 21.9 Å². The van der Waals surface area contributed by atoms with Crippen molar-refractivity contribution in [1.29, 1.82) is 0 Å². The molecular weight excluding hydrogens is 580 g/mol. The van der Waals surface area contributed by atoms with Crippen LogP contribution in [0.3, 0.4) is 0 Å². The number of amides is 1. The van der Waals surface area contributed by atoms with Crippen LogP contribution in [-0.2, 0) is 37.1 Å². The van der Waals surface area contributed by atoms with Crippen LogP contribution < -0.4 is 10.6 Å². The van der Waals surface area contributed by atoms with Crippen molar-refractivity contribution < 1.29 is 36.3 Å². The van der Waals surface area contributed by atoms with E-state index in [-0.39, 0.29) is 36.6 Å². The van der Waals surface area contributed by atoms with Gasteiger partial charge in [0.05, 0.1) is 19.4 Å². The molecule has 12 heteroatoms. The topological polar surface area (TPSA) is 114 Å². The summed E-state index contributed by atoms with van der Waals surface area (Å²) in [6, 6.07) is 8.80. The van der Waals surface area contributed by atoms with Crippen LogP contribution in [0, 0.1) is 17.6 Å². The van der Waals surface area contributed by atoms with Crippen LogP contribution in [0.2, 0.25) is 0 Å². The number of carbonyl (C=O) groups is 2. The number of piperazine rings is 1. The van der Waals surface area contributed by atoms with Gasteiger partial charge in [0.25, 0.3) is 0 Å². The lowest BCUT2D eigenvalue weighted by atomic mass is 9.74. The molecule has 2 aromatic rings. The summed E-state index contributed by atoms with van der Waals surface area (Å²) in [5.74, 6) is -1.78. The van der Waals surface area contributed by atoms with Gasteiger partial charge in [-0.25, -0.2) is 22.0 Å². The number of Topliss-reactive ketones (excluding diaryl/α,β-unsaturated/α-hetero) is 1. The van der Waals surface area contributed by atoms with Crippen molar-refractivity contribution in [2.45, 2.75) is 63.1 Å². The highest BCUT2D eigenvalue weighted by molar-refractivity contribution is 7.88. The van der Waals surface area contributed by atoms with Crippen molar-refractivity contribution in [2.24, 2.45) is 5.92 Å². The minimum absolute atomic E-state index is 0.0416. The molecule has 2 aliphatic rings. The van der Waals surface area contributed by atoms with E-state index in [2.05, 4.69) is 10.6 Å². The molecule has 0 aromatic heterocycles. The number of rotatable bonds is 11. The Hall–Kier alpha value is -2.93. The lowest BCUT2D eigenvalue weighted by Gasteiger charge is -2.39. The summed E-state index contributed by atoms with van der Waals surface area (Å²) in [5.41, 5.74) is 1.50. The molecule has 2 aliphatic heterocycles. The molecule has 1 amide bonds. The molecule has 0 aliphatic carbocycles. The van der Waals surface area contributed by atoms with Gasteiger partial charge in [-0.2, -0.15) is 4.31 Å². The minimum atomic E-state index is -3.48. The van der Waals surface area contributed by atoms with Gasteiger partial charge < -0.3 is 20.1 Å². The molecular formula is C31H41F2N3O6S. The van der Waals surface area contributed by atoms with Crippen LogP contribution in [0.15, 0.2) is 42.5 Å². The van der Waals surface area contributed by atoms with E-state index >= 15 is 4.39 Å². The highest BCUT2D eigenvalue weighted by atomic mass is 32.2. The Bertz CT molecular complexity index is 1370. The molecule has 2 N–H and O–H groups in total. The number of methoxy groups -OCH3 is 1. The lowest BCUT2D eigenvalue weighted by Crippen LogP contribution is -2.58. The second-order valence-corrected chi connectivity index (χ2v) is 13.3. The fourth-order valence-electron chi connectivity index (χ4n) is 6.54. The quantitative estimate of drug-likeness (QED) is 0.395. The average molecular weight is 622 g/mol. The minimum Gasteiger partial charge on any atom is -0.453 e. The molecule has 2 heterocycles. The number of ether oxygens (including phenoxy) is 2. The number of halogens is 2. The first-order valence-electron chi connectivity index (χ1n) is 14.7. The smallest absolute Gasteiger partial charge is 0.407 e. The first kappa shape index (κ1) is 33.0. The van der Waals surface area contributed by atoms with E-state index in [0.29, 0.717) is 62.3 Å². The maximum atomic E-state index is 15.3. The highest BCUT2D eigenvalue weighted by Gasteiger charge is 2.38. The van der Waals surface area contributed by atoms with Crippen LogP contribution in [0.1, 0.15) is 48.8 Å². The van der Waals surface area contributed by atoms with Crippen molar-refractivity contribution in [3.8, 4) is 0 Å². The molecule has 0 bridgehead atoms. The summed E-state index contributed by atoms with van der Waals surface area (Å²) >= 11 is 0. The number of ketones is 1. The van der Waals surface area contributed by atoms with E-state index in [9.17, 15) is 22.4 Å². The second-order valence-electron chi connectivity index (χ2n) is 11.5. The number of hydrogen-bond acceptors (Lipinski definition) is 7. The normalized spacial score (nSPS) is 21.6. The second kappa shape index (κ2) is 14.7. The molecule has 9 nitrogen and oxygen atoms in total. The van der Waals surface area contributed by atoms with Gasteiger partial charge in [0, 0.05) is 50.7 Å². The molecule has 0 radical (unpaired) electrons. The zero-order valence-corrected chi connectivity index (χ0v) is 25.7. The first-order chi connectivity index (χ1) is 20.5. The van der Waals surface area contributed by atoms with E-state index in [1.807, 2.05) is 6.92 Å². The number of nitrogens with zero attached hydrogens (tertiary/aromatic N) is 1. The zero-order chi connectivity index (χ0) is 31.1. The Balaban J connectivity index is 1.63. The van der Waals surface area contributed by atoms with Crippen LogP contribution in [0.5, 0.6) is 0 Å². The van der Waals surface area contributed by atoms with Crippen LogP contribution in [-0.4, -0.2) is 82.4 Å². The molecule has 2 aromatic carbocycles. The number of alkyl carbamates (subject to hydrolysis) is 1. The molecule has 43 heavy (non-hydrogen) atoms. The maximum Gasteiger partial charge on any atom is 0.407 e. The Morgan fingerprint density at radius 3 is 2.47 bits per heavy atom. The molecule has 0 spiro atoms. The number of benzene rings is 2. The monoisotopic (exact) mass is 621 g/mol.